The van der Waals surface area contributed by atoms with Crippen molar-refractivity contribution in [3.05, 3.63) is 84.9 Å². The zero-order chi connectivity index (χ0) is 20.7. The number of halogens is 3. The third-order valence-corrected chi connectivity index (χ3v) is 4.79. The van der Waals surface area contributed by atoms with E-state index in [1.807, 2.05) is 34.7 Å². The van der Waals surface area contributed by atoms with E-state index < -0.39 is 11.7 Å². The highest BCUT2D eigenvalue weighted by Crippen LogP contribution is 2.32. The molecule has 0 aliphatic carbocycles. The minimum Gasteiger partial charge on any atom is -0.337 e. The first-order valence-electron chi connectivity index (χ1n) is 9.11. The predicted molar refractivity (Wildman–Crippen MR) is 108 cm³/mol. The van der Waals surface area contributed by atoms with Crippen molar-refractivity contribution in [1.29, 1.82) is 0 Å². The highest BCUT2D eigenvalue weighted by atomic mass is 19.4. The molecule has 0 fully saturated rings. The lowest BCUT2D eigenvalue weighted by Crippen LogP contribution is -2.05. The van der Waals surface area contributed by atoms with Crippen LogP contribution in [0.5, 0.6) is 0 Å². The zero-order valence-corrected chi connectivity index (χ0v) is 15.4. The third-order valence-electron chi connectivity index (χ3n) is 4.79. The van der Waals surface area contributed by atoms with Crippen molar-refractivity contribution in [2.45, 2.75) is 6.18 Å². The number of anilines is 2. The van der Waals surface area contributed by atoms with Crippen LogP contribution in [0.25, 0.3) is 27.8 Å². The summed E-state index contributed by atoms with van der Waals surface area (Å²) in [5, 5.41) is 3.95. The Morgan fingerprint density at radius 3 is 2.57 bits per heavy atom. The molecule has 2 aromatic carbocycles. The summed E-state index contributed by atoms with van der Waals surface area (Å²) in [4.78, 5) is 13.2. The summed E-state index contributed by atoms with van der Waals surface area (Å²) >= 11 is 0. The monoisotopic (exact) mass is 405 g/mol. The number of aromatic nitrogens is 4. The maximum absolute atomic E-state index is 13.0. The Morgan fingerprint density at radius 1 is 0.867 bits per heavy atom. The lowest BCUT2D eigenvalue weighted by molar-refractivity contribution is -0.137. The van der Waals surface area contributed by atoms with Crippen LogP contribution in [0, 0.1) is 0 Å². The number of nitrogens with one attached hydrogen (secondary N) is 1. The molecule has 0 bridgehead atoms. The second kappa shape index (κ2) is 6.84. The molecule has 30 heavy (non-hydrogen) atoms. The van der Waals surface area contributed by atoms with Crippen LogP contribution in [0.2, 0.25) is 0 Å². The molecule has 5 aromatic rings. The van der Waals surface area contributed by atoms with Crippen LogP contribution in [0.1, 0.15) is 5.56 Å². The van der Waals surface area contributed by atoms with Gasteiger partial charge >= 0.3 is 6.18 Å². The second-order valence-corrected chi connectivity index (χ2v) is 6.70. The van der Waals surface area contributed by atoms with E-state index >= 15 is 0 Å². The van der Waals surface area contributed by atoms with Crippen LogP contribution in [-0.4, -0.2) is 19.4 Å². The second-order valence-electron chi connectivity index (χ2n) is 6.70. The van der Waals surface area contributed by atoms with Crippen molar-refractivity contribution in [3.8, 4) is 11.3 Å². The lowest BCUT2D eigenvalue weighted by Gasteiger charge is -2.11. The van der Waals surface area contributed by atoms with Gasteiger partial charge in [0.15, 0.2) is 11.5 Å². The van der Waals surface area contributed by atoms with Crippen molar-refractivity contribution in [1.82, 2.24) is 19.4 Å². The van der Waals surface area contributed by atoms with Gasteiger partial charge in [-0.1, -0.05) is 30.3 Å². The van der Waals surface area contributed by atoms with Crippen molar-refractivity contribution >= 4 is 28.1 Å². The molecule has 0 saturated carbocycles. The Labute approximate surface area is 168 Å². The highest BCUT2D eigenvalue weighted by Gasteiger charge is 2.30. The number of pyridine rings is 1. The minimum absolute atomic E-state index is 0.279. The average molecular weight is 405 g/mol. The van der Waals surface area contributed by atoms with E-state index in [0.29, 0.717) is 11.5 Å². The molecular formula is C22H14F3N5. The SMILES string of the molecule is FC(F)(F)c1cccc(Nc2nccn3c(-c4cccc5cccnc45)cnc23)c1. The van der Waals surface area contributed by atoms with Crippen molar-refractivity contribution in [2.24, 2.45) is 0 Å². The molecule has 0 aliphatic heterocycles. The van der Waals surface area contributed by atoms with E-state index in [1.54, 1.807) is 30.9 Å². The van der Waals surface area contributed by atoms with Gasteiger partial charge in [-0.2, -0.15) is 13.2 Å². The average Bonchev–Trinajstić information content (AvgIpc) is 3.18. The molecule has 3 heterocycles. The van der Waals surface area contributed by atoms with Gasteiger partial charge in [0.05, 0.1) is 23.0 Å². The molecule has 0 aliphatic rings. The number of nitrogens with zero attached hydrogens (tertiary/aromatic N) is 4. The number of alkyl halides is 3. The van der Waals surface area contributed by atoms with Gasteiger partial charge in [0.2, 0.25) is 0 Å². The quantitative estimate of drug-likeness (QED) is 0.418. The number of hydrogen-bond donors (Lipinski definition) is 1. The fourth-order valence-corrected chi connectivity index (χ4v) is 3.43. The summed E-state index contributed by atoms with van der Waals surface area (Å²) in [5.41, 5.74) is 2.59. The largest absolute Gasteiger partial charge is 0.416 e. The van der Waals surface area contributed by atoms with Crippen molar-refractivity contribution in [2.75, 3.05) is 5.32 Å². The Hall–Kier alpha value is -3.94. The Morgan fingerprint density at radius 2 is 1.70 bits per heavy atom. The van der Waals surface area contributed by atoms with Crippen LogP contribution in [0.3, 0.4) is 0 Å². The van der Waals surface area contributed by atoms with Crippen LogP contribution < -0.4 is 5.32 Å². The van der Waals surface area contributed by atoms with E-state index in [9.17, 15) is 13.2 Å². The summed E-state index contributed by atoms with van der Waals surface area (Å²) in [7, 11) is 0. The first-order chi connectivity index (χ1) is 14.5. The Balaban J connectivity index is 1.60. The maximum atomic E-state index is 13.0. The Kier molecular flexibility index (Phi) is 4.13. The van der Waals surface area contributed by atoms with Gasteiger partial charge < -0.3 is 5.32 Å². The van der Waals surface area contributed by atoms with Gasteiger partial charge in [0, 0.05) is 35.2 Å². The first-order valence-corrected chi connectivity index (χ1v) is 9.11. The molecule has 0 amide bonds. The van der Waals surface area contributed by atoms with Gasteiger partial charge in [0.1, 0.15) is 0 Å². The molecule has 8 heteroatoms. The minimum atomic E-state index is -4.42. The number of para-hydroxylation sites is 1. The molecule has 0 radical (unpaired) electrons. The van der Waals surface area contributed by atoms with Crippen LogP contribution in [-0.2, 0) is 6.18 Å². The molecule has 148 valence electrons. The summed E-state index contributed by atoms with van der Waals surface area (Å²) in [6, 6.07) is 14.7. The number of imidazole rings is 1. The summed E-state index contributed by atoms with van der Waals surface area (Å²) in [6.07, 6.45) is 2.36. The molecule has 0 saturated heterocycles. The van der Waals surface area contributed by atoms with E-state index in [4.69, 9.17) is 0 Å². The maximum Gasteiger partial charge on any atom is 0.416 e. The number of hydrogen-bond acceptors (Lipinski definition) is 4. The van der Waals surface area contributed by atoms with Crippen LogP contribution in [0.4, 0.5) is 24.7 Å². The van der Waals surface area contributed by atoms with Gasteiger partial charge in [-0.25, -0.2) is 9.97 Å². The molecule has 0 atom stereocenters. The van der Waals surface area contributed by atoms with Crippen LogP contribution >= 0.6 is 0 Å². The summed E-state index contributed by atoms with van der Waals surface area (Å²) in [6.45, 7) is 0. The molecule has 1 N–H and O–H groups in total. The standard InChI is InChI=1S/C22H14F3N5/c23-22(24,25)15-6-2-7-16(12-15)29-20-21-28-13-18(30(21)11-10-27-20)17-8-1-4-14-5-3-9-26-19(14)17/h1-13H,(H,27,29). The van der Waals surface area contributed by atoms with E-state index in [1.165, 1.54) is 6.07 Å². The zero-order valence-electron chi connectivity index (χ0n) is 15.4. The number of benzene rings is 2. The van der Waals surface area contributed by atoms with E-state index in [2.05, 4.69) is 20.3 Å². The van der Waals surface area contributed by atoms with Gasteiger partial charge in [0.25, 0.3) is 0 Å². The fourth-order valence-electron chi connectivity index (χ4n) is 3.43. The van der Waals surface area contributed by atoms with Crippen molar-refractivity contribution < 1.29 is 13.2 Å². The summed E-state index contributed by atoms with van der Waals surface area (Å²) in [5.74, 6) is 0.358. The van der Waals surface area contributed by atoms with Crippen LogP contribution in [0.15, 0.2) is 79.4 Å². The molecular weight excluding hydrogens is 391 g/mol. The molecule has 0 spiro atoms. The lowest BCUT2D eigenvalue weighted by atomic mass is 10.1. The summed E-state index contributed by atoms with van der Waals surface area (Å²) < 4.78 is 40.9. The molecule has 5 nitrogen and oxygen atoms in total. The third kappa shape index (κ3) is 3.12. The molecule has 3 aromatic heterocycles. The molecule has 5 rings (SSSR count). The smallest absolute Gasteiger partial charge is 0.337 e. The van der Waals surface area contributed by atoms with Gasteiger partial charge in [-0.3, -0.25) is 9.38 Å². The number of rotatable bonds is 3. The fraction of sp³-hybridized carbons (Fsp3) is 0.0455. The van der Waals surface area contributed by atoms with E-state index in [0.717, 1.165) is 34.3 Å². The first kappa shape index (κ1) is 18.1. The Bertz CT molecular complexity index is 1370. The topological polar surface area (TPSA) is 55.1 Å². The van der Waals surface area contributed by atoms with Gasteiger partial charge in [-0.15, -0.1) is 0 Å². The predicted octanol–water partition coefficient (Wildman–Crippen LogP) is 5.71. The van der Waals surface area contributed by atoms with Crippen molar-refractivity contribution in [3.63, 3.8) is 0 Å². The number of fused-ring (bicyclic) bond motifs is 2. The van der Waals surface area contributed by atoms with Gasteiger partial charge in [-0.05, 0) is 24.3 Å². The highest BCUT2D eigenvalue weighted by molar-refractivity contribution is 5.93. The normalized spacial score (nSPS) is 11.8. The molecule has 0 unspecified atom stereocenters. The van der Waals surface area contributed by atoms with E-state index in [-0.39, 0.29) is 5.69 Å².